The highest BCUT2D eigenvalue weighted by molar-refractivity contribution is 7.15. The molecule has 2 heterocycles. The molecule has 0 radical (unpaired) electrons. The first-order chi connectivity index (χ1) is 15.1. The number of aromatic hydroxyl groups is 1. The van der Waals surface area contributed by atoms with Crippen LogP contribution in [-0.4, -0.2) is 20.0 Å². The number of pyridine rings is 1. The lowest BCUT2D eigenvalue weighted by atomic mass is 9.96. The lowest BCUT2D eigenvalue weighted by molar-refractivity contribution is -0.384. The van der Waals surface area contributed by atoms with Crippen LogP contribution >= 0.6 is 11.3 Å². The lowest BCUT2D eigenvalue weighted by Crippen LogP contribution is -2.13. The molecule has 4 aromatic rings. The maximum Gasteiger partial charge on any atom is 0.269 e. The van der Waals surface area contributed by atoms with E-state index in [2.05, 4.69) is 10.3 Å². The van der Waals surface area contributed by atoms with Gasteiger partial charge in [0.2, 0.25) is 0 Å². The Morgan fingerprint density at radius 1 is 1.13 bits per heavy atom. The van der Waals surface area contributed by atoms with Gasteiger partial charge in [0.1, 0.15) is 11.3 Å². The highest BCUT2D eigenvalue weighted by Gasteiger charge is 2.24. The molecule has 156 valence electrons. The van der Waals surface area contributed by atoms with E-state index in [1.807, 2.05) is 30.3 Å². The van der Waals surface area contributed by atoms with Crippen molar-refractivity contribution in [3.8, 4) is 5.75 Å². The van der Waals surface area contributed by atoms with Crippen molar-refractivity contribution in [1.29, 1.82) is 0 Å². The molecule has 7 nitrogen and oxygen atoms in total. The molecular weight excluding hydrogens is 412 g/mol. The minimum Gasteiger partial charge on any atom is -0.505 e. The zero-order chi connectivity index (χ0) is 21.4. The number of nitrogens with one attached hydrogen (secondary N) is 1. The maximum atomic E-state index is 11.4. The van der Waals surface area contributed by atoms with Crippen LogP contribution in [0.25, 0.3) is 10.9 Å². The molecule has 0 spiro atoms. The number of anilines is 1. The van der Waals surface area contributed by atoms with Gasteiger partial charge in [-0.25, -0.2) is 4.98 Å². The molecule has 0 saturated carbocycles. The van der Waals surface area contributed by atoms with Gasteiger partial charge in [-0.05, 0) is 37.3 Å². The van der Waals surface area contributed by atoms with Gasteiger partial charge in [-0.1, -0.05) is 30.3 Å². The Bertz CT molecular complexity index is 1260. The molecule has 2 N–H and O–H groups in total. The predicted molar refractivity (Wildman–Crippen MR) is 121 cm³/mol. The van der Waals surface area contributed by atoms with E-state index in [-0.39, 0.29) is 11.4 Å². The number of hydrogen-bond acceptors (Lipinski definition) is 7. The second-order valence-corrected chi connectivity index (χ2v) is 8.69. The number of fused-ring (bicyclic) bond motifs is 2. The van der Waals surface area contributed by atoms with Crippen molar-refractivity contribution in [3.63, 3.8) is 0 Å². The van der Waals surface area contributed by atoms with E-state index in [0.29, 0.717) is 16.6 Å². The number of phenols is 1. The average Bonchev–Trinajstić information content (AvgIpc) is 3.21. The van der Waals surface area contributed by atoms with Crippen molar-refractivity contribution < 1.29 is 10.0 Å². The zero-order valence-electron chi connectivity index (χ0n) is 16.6. The van der Waals surface area contributed by atoms with Crippen molar-refractivity contribution in [2.24, 2.45) is 0 Å². The van der Waals surface area contributed by atoms with Crippen LogP contribution in [0.4, 0.5) is 10.8 Å². The van der Waals surface area contributed by atoms with Gasteiger partial charge in [-0.2, -0.15) is 0 Å². The predicted octanol–water partition coefficient (Wildman–Crippen LogP) is 5.39. The number of non-ortho nitro benzene ring substituents is 1. The van der Waals surface area contributed by atoms with E-state index < -0.39 is 11.0 Å². The first kappa shape index (κ1) is 19.4. The topological polar surface area (TPSA) is 101 Å². The molecule has 8 heteroatoms. The summed E-state index contributed by atoms with van der Waals surface area (Å²) in [6, 6.07) is 13.4. The first-order valence-corrected chi connectivity index (χ1v) is 11.0. The van der Waals surface area contributed by atoms with Gasteiger partial charge < -0.3 is 10.4 Å². The van der Waals surface area contributed by atoms with E-state index in [1.165, 1.54) is 23.4 Å². The van der Waals surface area contributed by atoms with Crippen molar-refractivity contribution >= 4 is 33.1 Å². The van der Waals surface area contributed by atoms with Crippen molar-refractivity contribution in [2.45, 2.75) is 31.7 Å². The highest BCUT2D eigenvalue weighted by atomic mass is 32.1. The molecule has 2 aromatic carbocycles. The summed E-state index contributed by atoms with van der Waals surface area (Å²) < 4.78 is 0. The normalized spacial score (nSPS) is 14.2. The fourth-order valence-corrected chi connectivity index (χ4v) is 5.15. The Balaban J connectivity index is 1.62. The van der Waals surface area contributed by atoms with Gasteiger partial charge >= 0.3 is 0 Å². The number of phenolic OH excluding ortho intramolecular Hbond substituents is 1. The summed E-state index contributed by atoms with van der Waals surface area (Å²) in [5.74, 6) is 0.0587. The Labute approximate surface area is 182 Å². The molecule has 5 rings (SSSR count). The number of benzene rings is 2. The number of nitrogens with zero attached hydrogens (tertiary/aromatic N) is 3. The molecular formula is C23H20N4O3S. The molecule has 0 bridgehead atoms. The molecule has 0 fully saturated rings. The van der Waals surface area contributed by atoms with Crippen molar-refractivity contribution in [1.82, 2.24) is 9.97 Å². The van der Waals surface area contributed by atoms with Gasteiger partial charge in [-0.15, -0.1) is 11.3 Å². The molecule has 0 amide bonds. The highest BCUT2D eigenvalue weighted by Crippen LogP contribution is 2.39. The molecule has 0 saturated heterocycles. The SMILES string of the molecule is O=[N+]([O-])c1cccc([C@@H](Nc2nc3c(s2)CCCC3)c2ccc3cccnc3c2O)c1. The maximum absolute atomic E-state index is 11.4. The summed E-state index contributed by atoms with van der Waals surface area (Å²) >= 11 is 1.62. The van der Waals surface area contributed by atoms with Crippen LogP contribution in [0.15, 0.2) is 54.7 Å². The summed E-state index contributed by atoms with van der Waals surface area (Å²) in [4.78, 5) is 21.3. The fraction of sp³-hybridized carbons (Fsp3) is 0.217. The molecule has 2 aromatic heterocycles. The van der Waals surface area contributed by atoms with E-state index in [0.717, 1.165) is 35.5 Å². The van der Waals surface area contributed by atoms with Gasteiger partial charge in [0, 0.05) is 34.2 Å². The standard InChI is InChI=1S/C23H20N4O3S/c28-22-17(11-10-14-6-4-12-24-21(14)22)20(15-5-3-7-16(13-15)27(29)30)26-23-25-18-8-1-2-9-19(18)31-23/h3-7,10-13,20,28H,1-2,8-9H2,(H,25,26)/t20-/m1/s1. The van der Waals surface area contributed by atoms with Crippen LogP contribution < -0.4 is 5.32 Å². The quantitative estimate of drug-likeness (QED) is 0.324. The molecule has 1 aliphatic rings. The number of nitro groups is 1. The Morgan fingerprint density at radius 2 is 2.00 bits per heavy atom. The summed E-state index contributed by atoms with van der Waals surface area (Å²) in [7, 11) is 0. The van der Waals surface area contributed by atoms with E-state index >= 15 is 0 Å². The average molecular weight is 433 g/mol. The van der Waals surface area contributed by atoms with E-state index in [4.69, 9.17) is 4.98 Å². The van der Waals surface area contributed by atoms with Crippen LogP contribution in [0.3, 0.4) is 0 Å². The van der Waals surface area contributed by atoms with Gasteiger partial charge in [0.05, 0.1) is 16.7 Å². The van der Waals surface area contributed by atoms with Crippen LogP contribution in [0, 0.1) is 10.1 Å². The molecule has 0 unspecified atom stereocenters. The molecule has 1 atom stereocenters. The molecule has 31 heavy (non-hydrogen) atoms. The number of hydrogen-bond donors (Lipinski definition) is 2. The third kappa shape index (κ3) is 3.70. The lowest BCUT2D eigenvalue weighted by Gasteiger charge is -2.21. The number of rotatable bonds is 5. The Kier molecular flexibility index (Phi) is 4.99. The third-order valence-corrected chi connectivity index (χ3v) is 6.71. The molecule has 0 aliphatic heterocycles. The number of aromatic nitrogens is 2. The summed E-state index contributed by atoms with van der Waals surface area (Å²) in [5.41, 5.74) is 2.89. The first-order valence-electron chi connectivity index (χ1n) is 10.2. The van der Waals surface area contributed by atoms with Crippen LogP contribution in [0.1, 0.15) is 40.6 Å². The van der Waals surface area contributed by atoms with Crippen molar-refractivity contribution in [2.75, 3.05) is 5.32 Å². The smallest absolute Gasteiger partial charge is 0.269 e. The second-order valence-electron chi connectivity index (χ2n) is 7.60. The van der Waals surface area contributed by atoms with Gasteiger partial charge in [0.15, 0.2) is 5.13 Å². The van der Waals surface area contributed by atoms with Crippen LogP contribution in [0.2, 0.25) is 0 Å². The Hall–Kier alpha value is -3.52. The fourth-order valence-electron chi connectivity index (χ4n) is 4.07. The van der Waals surface area contributed by atoms with Crippen LogP contribution in [-0.2, 0) is 12.8 Å². The minimum atomic E-state index is -0.515. The second kappa shape index (κ2) is 7.96. The van der Waals surface area contributed by atoms with Crippen LogP contribution in [0.5, 0.6) is 5.75 Å². The largest absolute Gasteiger partial charge is 0.505 e. The summed E-state index contributed by atoms with van der Waals surface area (Å²) in [5, 5.41) is 27.4. The number of thiazole rings is 1. The summed E-state index contributed by atoms with van der Waals surface area (Å²) in [6.45, 7) is 0. The third-order valence-electron chi connectivity index (χ3n) is 5.62. The minimum absolute atomic E-state index is 0.00105. The number of nitro benzene ring substituents is 1. The zero-order valence-corrected chi connectivity index (χ0v) is 17.4. The van der Waals surface area contributed by atoms with Gasteiger partial charge in [0.25, 0.3) is 5.69 Å². The van der Waals surface area contributed by atoms with Crippen molar-refractivity contribution in [3.05, 3.63) is 86.5 Å². The molecule has 1 aliphatic carbocycles. The monoisotopic (exact) mass is 432 g/mol. The van der Waals surface area contributed by atoms with E-state index in [9.17, 15) is 15.2 Å². The Morgan fingerprint density at radius 3 is 2.84 bits per heavy atom. The van der Waals surface area contributed by atoms with Gasteiger partial charge in [-0.3, -0.25) is 15.1 Å². The number of aryl methyl sites for hydroxylation is 2. The summed E-state index contributed by atoms with van der Waals surface area (Å²) in [6.07, 6.45) is 5.94. The van der Waals surface area contributed by atoms with E-state index in [1.54, 1.807) is 23.6 Å².